The summed E-state index contributed by atoms with van der Waals surface area (Å²) in [6.07, 6.45) is 39.1. The number of carbonyl (C=O) groups is 2. The zero-order chi connectivity index (χ0) is 38.4. The van der Waals surface area contributed by atoms with Crippen LogP contribution in [0.1, 0.15) is 149 Å². The van der Waals surface area contributed by atoms with Crippen molar-refractivity contribution in [2.75, 3.05) is 26.4 Å². The first-order chi connectivity index (χ1) is 25.2. The van der Waals surface area contributed by atoms with Gasteiger partial charge in [-0.15, -0.1) is 0 Å². The van der Waals surface area contributed by atoms with E-state index in [2.05, 4.69) is 73.1 Å². The van der Waals surface area contributed by atoms with Crippen LogP contribution in [0.3, 0.4) is 0 Å². The normalized spacial score (nSPS) is 14.6. The first-order valence-electron chi connectivity index (χ1n) is 19.7. The summed E-state index contributed by atoms with van der Waals surface area (Å²) in [6, 6.07) is 0. The van der Waals surface area contributed by atoms with Gasteiger partial charge in [0, 0.05) is 12.8 Å². The molecule has 0 aliphatic heterocycles. The fourth-order valence-corrected chi connectivity index (χ4v) is 5.59. The van der Waals surface area contributed by atoms with Crippen molar-refractivity contribution >= 4 is 19.8 Å². The lowest BCUT2D eigenvalue weighted by Gasteiger charge is -2.20. The summed E-state index contributed by atoms with van der Waals surface area (Å²) in [5, 5.41) is 18.3. The molecular formula is C41H71O10P. The van der Waals surface area contributed by atoms with Crippen molar-refractivity contribution in [1.82, 2.24) is 0 Å². The molecular weight excluding hydrogens is 683 g/mol. The highest BCUT2D eigenvalue weighted by molar-refractivity contribution is 7.47. The van der Waals surface area contributed by atoms with E-state index in [9.17, 15) is 24.2 Å². The Morgan fingerprint density at radius 2 is 1.02 bits per heavy atom. The molecule has 0 rings (SSSR count). The summed E-state index contributed by atoms with van der Waals surface area (Å²) in [4.78, 5) is 34.8. The van der Waals surface area contributed by atoms with Crippen LogP contribution in [-0.2, 0) is 32.7 Å². The number of phosphoric ester groups is 1. The second-order valence-corrected chi connectivity index (χ2v) is 14.4. The first kappa shape index (κ1) is 49.7. The quantitative estimate of drug-likeness (QED) is 0.0244. The van der Waals surface area contributed by atoms with Gasteiger partial charge in [0.1, 0.15) is 12.7 Å². The molecule has 0 amide bonds. The molecule has 0 aromatic carbocycles. The minimum atomic E-state index is -4.63. The monoisotopic (exact) mass is 754 g/mol. The number of allylic oxidation sites excluding steroid dienone is 10. The summed E-state index contributed by atoms with van der Waals surface area (Å²) in [6.45, 7) is 2.23. The number of ether oxygens (including phenoxy) is 2. The third-order valence-corrected chi connectivity index (χ3v) is 8.85. The van der Waals surface area contributed by atoms with Gasteiger partial charge in [0.25, 0.3) is 0 Å². The van der Waals surface area contributed by atoms with E-state index in [1.54, 1.807) is 0 Å². The average molecular weight is 755 g/mol. The summed E-state index contributed by atoms with van der Waals surface area (Å²) in [5.41, 5.74) is 0. The number of hydrogen-bond acceptors (Lipinski definition) is 9. The summed E-state index contributed by atoms with van der Waals surface area (Å²) >= 11 is 0. The Labute approximate surface area is 315 Å². The standard InChI is InChI=1S/C41H71O10P/c1-3-5-7-9-11-13-15-17-18-19-20-21-23-24-26-28-30-32-40(44)48-36-39(37-50-52(46,47)49-35-38(43)34-42)51-41(45)33-31-29-27-25-22-16-14-12-10-8-6-4-2/h11-14,17-18,20-21,24,26,38-39,42-43H,3-10,15-16,19,22-23,25,27-37H2,1-2H3,(H,46,47)/b13-11-,14-12-,18-17-,21-20-,26-24-/t38-,39+/m0/s1. The molecule has 1 unspecified atom stereocenters. The smallest absolute Gasteiger partial charge is 0.462 e. The molecule has 10 nitrogen and oxygen atoms in total. The van der Waals surface area contributed by atoms with E-state index in [0.29, 0.717) is 19.3 Å². The fraction of sp³-hybridized carbons (Fsp3) is 0.707. The molecule has 0 bridgehead atoms. The second-order valence-electron chi connectivity index (χ2n) is 12.9. The molecule has 0 radical (unpaired) electrons. The van der Waals surface area contributed by atoms with Gasteiger partial charge >= 0.3 is 19.8 Å². The molecule has 0 heterocycles. The molecule has 0 saturated heterocycles. The third-order valence-electron chi connectivity index (χ3n) is 7.89. The lowest BCUT2D eigenvalue weighted by Crippen LogP contribution is -2.29. The largest absolute Gasteiger partial charge is 0.472 e. The van der Waals surface area contributed by atoms with Crippen LogP contribution in [0.2, 0.25) is 0 Å². The van der Waals surface area contributed by atoms with E-state index in [1.165, 1.54) is 38.5 Å². The summed E-state index contributed by atoms with van der Waals surface area (Å²) < 4.78 is 32.5. The van der Waals surface area contributed by atoms with E-state index in [1.807, 2.05) is 6.08 Å². The highest BCUT2D eigenvalue weighted by atomic mass is 31.2. The third kappa shape index (κ3) is 36.0. The van der Waals surface area contributed by atoms with Crippen molar-refractivity contribution in [2.45, 2.75) is 161 Å². The molecule has 300 valence electrons. The van der Waals surface area contributed by atoms with E-state index in [4.69, 9.17) is 19.1 Å². The van der Waals surface area contributed by atoms with Crippen LogP contribution in [0.5, 0.6) is 0 Å². The molecule has 0 aliphatic rings. The number of unbranched alkanes of at least 4 members (excludes halogenated alkanes) is 12. The Kier molecular flexibility index (Phi) is 35.3. The SMILES string of the molecule is CCCCC/C=C\C/C=C\C/C=C\C/C=C\CCCC(=O)OC[C@H](COP(=O)(O)OC[C@@H](O)CO)OC(=O)CCCCCCC/C=C\CCCCC. The lowest BCUT2D eigenvalue weighted by molar-refractivity contribution is -0.161. The lowest BCUT2D eigenvalue weighted by atomic mass is 10.1. The van der Waals surface area contributed by atoms with E-state index in [0.717, 1.165) is 64.2 Å². The minimum Gasteiger partial charge on any atom is -0.462 e. The second kappa shape index (κ2) is 37.0. The minimum absolute atomic E-state index is 0.160. The fourth-order valence-electron chi connectivity index (χ4n) is 4.80. The molecule has 0 aliphatic carbocycles. The van der Waals surface area contributed by atoms with Gasteiger partial charge in [-0.2, -0.15) is 0 Å². The van der Waals surface area contributed by atoms with E-state index < -0.39 is 51.8 Å². The maximum atomic E-state index is 12.5. The molecule has 3 atom stereocenters. The van der Waals surface area contributed by atoms with Crippen LogP contribution < -0.4 is 0 Å². The number of aliphatic hydroxyl groups excluding tert-OH is 2. The van der Waals surface area contributed by atoms with Crippen molar-refractivity contribution in [2.24, 2.45) is 0 Å². The summed E-state index contributed by atoms with van der Waals surface area (Å²) in [7, 11) is -4.63. The summed E-state index contributed by atoms with van der Waals surface area (Å²) in [5.74, 6) is -1.01. The van der Waals surface area contributed by atoms with Crippen molar-refractivity contribution < 1.29 is 47.8 Å². The maximum absolute atomic E-state index is 12.5. The molecule has 0 spiro atoms. The molecule has 3 N–H and O–H groups in total. The van der Waals surface area contributed by atoms with Crippen LogP contribution in [0.15, 0.2) is 60.8 Å². The topological polar surface area (TPSA) is 149 Å². The predicted molar refractivity (Wildman–Crippen MR) is 210 cm³/mol. The molecule has 0 saturated carbocycles. The highest BCUT2D eigenvalue weighted by Crippen LogP contribution is 2.43. The van der Waals surface area contributed by atoms with Gasteiger partial charge in [0.15, 0.2) is 6.10 Å². The Bertz CT molecular complexity index is 1050. The van der Waals surface area contributed by atoms with Gasteiger partial charge in [0.2, 0.25) is 0 Å². The van der Waals surface area contributed by atoms with Crippen molar-refractivity contribution in [3.63, 3.8) is 0 Å². The number of carbonyl (C=O) groups excluding carboxylic acids is 2. The number of rotatable bonds is 36. The Hall–Kier alpha value is -2.33. The average Bonchev–Trinajstić information content (AvgIpc) is 3.13. The van der Waals surface area contributed by atoms with Crippen LogP contribution in [0, 0.1) is 0 Å². The zero-order valence-corrected chi connectivity index (χ0v) is 33.1. The van der Waals surface area contributed by atoms with Crippen molar-refractivity contribution in [3.05, 3.63) is 60.8 Å². The number of esters is 2. The Morgan fingerprint density at radius 1 is 0.577 bits per heavy atom. The Morgan fingerprint density at radius 3 is 1.58 bits per heavy atom. The van der Waals surface area contributed by atoms with Gasteiger partial charge in [-0.25, -0.2) is 4.57 Å². The van der Waals surface area contributed by atoms with Gasteiger partial charge in [0.05, 0.1) is 19.8 Å². The number of aliphatic hydroxyl groups is 2. The van der Waals surface area contributed by atoms with E-state index >= 15 is 0 Å². The van der Waals surface area contributed by atoms with E-state index in [-0.39, 0.29) is 19.4 Å². The van der Waals surface area contributed by atoms with Crippen molar-refractivity contribution in [3.8, 4) is 0 Å². The van der Waals surface area contributed by atoms with Crippen LogP contribution in [-0.4, -0.2) is 65.7 Å². The highest BCUT2D eigenvalue weighted by Gasteiger charge is 2.27. The van der Waals surface area contributed by atoms with Crippen molar-refractivity contribution in [1.29, 1.82) is 0 Å². The van der Waals surface area contributed by atoms with Gasteiger partial charge in [-0.05, 0) is 77.0 Å². The predicted octanol–water partition coefficient (Wildman–Crippen LogP) is 9.94. The molecule has 11 heteroatoms. The zero-order valence-electron chi connectivity index (χ0n) is 32.3. The van der Waals surface area contributed by atoms with Gasteiger partial charge in [-0.1, -0.05) is 120 Å². The molecule has 0 fully saturated rings. The molecule has 52 heavy (non-hydrogen) atoms. The Balaban J connectivity index is 4.46. The van der Waals surface area contributed by atoms with Gasteiger partial charge in [-0.3, -0.25) is 18.6 Å². The first-order valence-corrected chi connectivity index (χ1v) is 21.2. The maximum Gasteiger partial charge on any atom is 0.472 e. The number of phosphoric acid groups is 1. The molecule has 0 aromatic heterocycles. The van der Waals surface area contributed by atoms with Crippen LogP contribution in [0.25, 0.3) is 0 Å². The number of hydrogen-bond donors (Lipinski definition) is 3. The van der Waals surface area contributed by atoms with Gasteiger partial charge < -0.3 is 24.6 Å². The molecule has 0 aromatic rings. The van der Waals surface area contributed by atoms with Crippen LogP contribution in [0.4, 0.5) is 0 Å². The van der Waals surface area contributed by atoms with Crippen LogP contribution >= 0.6 is 7.82 Å².